The Balaban J connectivity index is 1.40. The van der Waals surface area contributed by atoms with Gasteiger partial charge in [-0.1, -0.05) is 20.7 Å². The van der Waals surface area contributed by atoms with Gasteiger partial charge in [-0.15, -0.1) is 0 Å². The van der Waals surface area contributed by atoms with E-state index in [0.717, 1.165) is 47.3 Å². The fourth-order valence-corrected chi connectivity index (χ4v) is 5.57. The summed E-state index contributed by atoms with van der Waals surface area (Å²) in [5.41, 5.74) is 3.84. The molecule has 5 rings (SSSR count). The second kappa shape index (κ2) is 6.82. The van der Waals surface area contributed by atoms with Gasteiger partial charge in [0.1, 0.15) is 5.52 Å². The first-order valence-electron chi connectivity index (χ1n) is 9.96. The number of nitrogens with one attached hydrogen (secondary N) is 1. The first-order valence-corrected chi connectivity index (χ1v) is 11.0. The van der Waals surface area contributed by atoms with Crippen molar-refractivity contribution in [3.8, 4) is 0 Å². The third-order valence-electron chi connectivity index (χ3n) is 5.59. The third-order valence-corrected chi connectivity index (χ3v) is 7.10. The molecular weight excluding hydrogens is 383 g/mol. The number of fused-ring (bicyclic) bond motifs is 2. The first kappa shape index (κ1) is 18.6. The smallest absolute Gasteiger partial charge is 0.252 e. The normalized spacial score (nSPS) is 24.7. The minimum atomic E-state index is 0.0360. The minimum absolute atomic E-state index is 0.0360. The molecule has 7 heteroatoms. The highest BCUT2D eigenvalue weighted by molar-refractivity contribution is 7.51. The Morgan fingerprint density at radius 2 is 2.21 bits per heavy atom. The number of oxazole rings is 1. The van der Waals surface area contributed by atoms with E-state index in [1.54, 1.807) is 6.08 Å². The molecule has 3 aliphatic rings. The van der Waals surface area contributed by atoms with Crippen molar-refractivity contribution in [1.29, 1.82) is 0 Å². The average molecular weight is 408 g/mol. The van der Waals surface area contributed by atoms with Crippen molar-refractivity contribution < 1.29 is 9.21 Å². The molecule has 3 aliphatic heterocycles. The van der Waals surface area contributed by atoms with E-state index >= 15 is 0 Å². The van der Waals surface area contributed by atoms with Gasteiger partial charge in [0, 0.05) is 44.4 Å². The fraction of sp³-hybridized carbons (Fsp3) is 0.364. The number of rotatable bonds is 2. The third kappa shape index (κ3) is 3.52. The van der Waals surface area contributed by atoms with Crippen molar-refractivity contribution in [3.05, 3.63) is 59.8 Å². The summed E-state index contributed by atoms with van der Waals surface area (Å²) in [4.78, 5) is 21.5. The van der Waals surface area contributed by atoms with Gasteiger partial charge in [-0.2, -0.15) is 0 Å². The van der Waals surface area contributed by atoms with E-state index in [9.17, 15) is 4.79 Å². The van der Waals surface area contributed by atoms with Crippen LogP contribution in [-0.2, 0) is 4.79 Å². The number of aryl methyl sites for hydroxylation is 1. The maximum atomic E-state index is 12.9. The van der Waals surface area contributed by atoms with E-state index < -0.39 is 0 Å². The van der Waals surface area contributed by atoms with Crippen molar-refractivity contribution in [2.45, 2.75) is 32.1 Å². The Labute approximate surface area is 172 Å². The number of nitrogens with zero attached hydrogens (tertiary/aromatic N) is 3. The standard InChI is InChI=1S/C22H25N4O2P/c1-14-24-17-6-4-15(10-18(17)28-14)19-11-20(27)26-12-16(5-7-21(26)29-19)25-9-8-23-22(2,3)13-25/h4-7,10-12,21,23,29H,8-9,13H2,1-3H3. The maximum Gasteiger partial charge on any atom is 0.252 e. The van der Waals surface area contributed by atoms with Crippen molar-refractivity contribution in [2.24, 2.45) is 0 Å². The number of carbonyl (C=O) groups excluding carboxylic acids is 1. The topological polar surface area (TPSA) is 61.6 Å². The zero-order chi connectivity index (χ0) is 20.2. The summed E-state index contributed by atoms with van der Waals surface area (Å²) in [7, 11) is 0.493. The second-order valence-corrected chi connectivity index (χ2v) is 9.87. The van der Waals surface area contributed by atoms with E-state index in [1.165, 1.54) is 0 Å². The van der Waals surface area contributed by atoms with Gasteiger partial charge in [-0.25, -0.2) is 4.98 Å². The summed E-state index contributed by atoms with van der Waals surface area (Å²) in [5.74, 6) is 0.770. The van der Waals surface area contributed by atoms with Gasteiger partial charge in [0.05, 0.1) is 11.5 Å². The summed E-state index contributed by atoms with van der Waals surface area (Å²) >= 11 is 0. The predicted octanol–water partition coefficient (Wildman–Crippen LogP) is 3.42. The summed E-state index contributed by atoms with van der Waals surface area (Å²) < 4.78 is 5.67. The molecule has 0 saturated carbocycles. The number of hydrogen-bond acceptors (Lipinski definition) is 5. The number of hydrogen-bond donors (Lipinski definition) is 1. The maximum absolute atomic E-state index is 12.9. The van der Waals surface area contributed by atoms with Gasteiger partial charge in [0.15, 0.2) is 11.5 Å². The van der Waals surface area contributed by atoms with Crippen molar-refractivity contribution >= 4 is 30.9 Å². The second-order valence-electron chi connectivity index (χ2n) is 8.45. The highest BCUT2D eigenvalue weighted by atomic mass is 31.1. The lowest BCUT2D eigenvalue weighted by Gasteiger charge is -2.43. The van der Waals surface area contributed by atoms with Crippen LogP contribution in [0.4, 0.5) is 0 Å². The Morgan fingerprint density at radius 1 is 1.34 bits per heavy atom. The number of allylic oxidation sites excluding steroid dienone is 1. The molecule has 4 heterocycles. The van der Waals surface area contributed by atoms with Crippen LogP contribution in [0.25, 0.3) is 16.4 Å². The average Bonchev–Trinajstić information content (AvgIpc) is 3.06. The van der Waals surface area contributed by atoms with Crippen LogP contribution in [0.15, 0.2) is 52.7 Å². The molecule has 2 aromatic rings. The highest BCUT2D eigenvalue weighted by Crippen LogP contribution is 2.45. The molecule has 6 nitrogen and oxygen atoms in total. The molecule has 0 radical (unpaired) electrons. The van der Waals surface area contributed by atoms with Crippen LogP contribution in [0.2, 0.25) is 0 Å². The van der Waals surface area contributed by atoms with Gasteiger partial charge >= 0.3 is 0 Å². The minimum Gasteiger partial charge on any atom is -0.441 e. The van der Waals surface area contributed by atoms with Gasteiger partial charge < -0.3 is 19.5 Å². The Hall–Kier alpha value is -2.43. The first-order chi connectivity index (χ1) is 13.9. The molecule has 0 spiro atoms. The molecule has 1 fully saturated rings. The molecule has 1 aromatic heterocycles. The SMILES string of the molecule is Cc1nc2ccc(C3=CC(=O)N4C=C(N5CCNC(C)(C)C5)C=CC4P3)cc2o1. The van der Waals surface area contributed by atoms with Crippen LogP contribution >= 0.6 is 8.58 Å². The summed E-state index contributed by atoms with van der Waals surface area (Å²) in [6.07, 6.45) is 8.14. The molecular formula is C22H25N4O2P. The fourth-order valence-electron chi connectivity index (χ4n) is 4.19. The van der Waals surface area contributed by atoms with E-state index in [4.69, 9.17) is 4.42 Å². The van der Waals surface area contributed by atoms with E-state index in [-0.39, 0.29) is 17.2 Å². The number of amides is 1. The summed E-state index contributed by atoms with van der Waals surface area (Å²) in [6, 6.07) is 5.99. The van der Waals surface area contributed by atoms with Gasteiger partial charge in [-0.05, 0) is 42.9 Å². The molecule has 1 saturated heterocycles. The number of piperazine rings is 1. The zero-order valence-electron chi connectivity index (χ0n) is 16.9. The largest absolute Gasteiger partial charge is 0.441 e. The van der Waals surface area contributed by atoms with Crippen LogP contribution in [0.5, 0.6) is 0 Å². The molecule has 29 heavy (non-hydrogen) atoms. The highest BCUT2D eigenvalue weighted by Gasteiger charge is 2.32. The van der Waals surface area contributed by atoms with Crippen molar-refractivity contribution in [3.63, 3.8) is 0 Å². The molecule has 0 aliphatic carbocycles. The Kier molecular flexibility index (Phi) is 4.37. The van der Waals surface area contributed by atoms with Crippen molar-refractivity contribution in [2.75, 3.05) is 19.6 Å². The predicted molar refractivity (Wildman–Crippen MR) is 117 cm³/mol. The van der Waals surface area contributed by atoms with Crippen LogP contribution < -0.4 is 5.32 Å². The van der Waals surface area contributed by atoms with Crippen LogP contribution in [0.3, 0.4) is 0 Å². The summed E-state index contributed by atoms with van der Waals surface area (Å²) in [5, 5.41) is 4.60. The van der Waals surface area contributed by atoms with Crippen molar-refractivity contribution in [1.82, 2.24) is 20.1 Å². The van der Waals surface area contributed by atoms with Crippen LogP contribution in [0.1, 0.15) is 25.3 Å². The molecule has 2 unspecified atom stereocenters. The number of aromatic nitrogens is 1. The van der Waals surface area contributed by atoms with E-state index in [2.05, 4.69) is 41.2 Å². The lowest BCUT2D eigenvalue weighted by molar-refractivity contribution is -0.123. The zero-order valence-corrected chi connectivity index (χ0v) is 17.9. The number of benzene rings is 1. The monoisotopic (exact) mass is 408 g/mol. The molecule has 1 aromatic carbocycles. The molecule has 150 valence electrons. The van der Waals surface area contributed by atoms with Crippen LogP contribution in [-0.4, -0.2) is 51.6 Å². The van der Waals surface area contributed by atoms with E-state index in [1.807, 2.05) is 36.2 Å². The summed E-state index contributed by atoms with van der Waals surface area (Å²) in [6.45, 7) is 9.10. The molecule has 0 bridgehead atoms. The molecule has 1 N–H and O–H groups in total. The van der Waals surface area contributed by atoms with Gasteiger partial charge in [0.25, 0.3) is 5.91 Å². The molecule has 2 atom stereocenters. The van der Waals surface area contributed by atoms with Gasteiger partial charge in [-0.3, -0.25) is 4.79 Å². The van der Waals surface area contributed by atoms with E-state index in [0.29, 0.717) is 14.5 Å². The van der Waals surface area contributed by atoms with Crippen LogP contribution in [0, 0.1) is 6.92 Å². The Bertz CT molecular complexity index is 1080. The molecule has 1 amide bonds. The number of carbonyl (C=O) groups is 1. The lowest BCUT2D eigenvalue weighted by atomic mass is 10.0. The quantitative estimate of drug-likeness (QED) is 0.772. The Morgan fingerprint density at radius 3 is 3.03 bits per heavy atom. The van der Waals surface area contributed by atoms with Gasteiger partial charge in [0.2, 0.25) is 0 Å². The lowest BCUT2D eigenvalue weighted by Crippen LogP contribution is -2.56.